The van der Waals surface area contributed by atoms with Crippen LogP contribution in [0, 0.1) is 0 Å². The van der Waals surface area contributed by atoms with E-state index in [2.05, 4.69) is 58.5 Å². The Labute approximate surface area is 110 Å². The number of pyridine rings is 1. The van der Waals surface area contributed by atoms with Crippen molar-refractivity contribution in [2.24, 2.45) is 0 Å². The molecule has 0 aliphatic heterocycles. The van der Waals surface area contributed by atoms with Gasteiger partial charge in [-0.05, 0) is 17.7 Å². The predicted octanol–water partition coefficient (Wildman–Crippen LogP) is 4.38. The Bertz CT molecular complexity index is 860. The first-order valence-electron chi connectivity index (χ1n) is 6.34. The molecule has 0 aliphatic rings. The number of nitrogens with zero attached hydrogens (tertiary/aromatic N) is 1. The molecule has 4 aromatic rings. The number of hydrogen-bond donors (Lipinski definition) is 1. The first-order chi connectivity index (χ1) is 9.42. The van der Waals surface area contributed by atoms with Crippen molar-refractivity contribution in [2.75, 3.05) is 0 Å². The van der Waals surface area contributed by atoms with Crippen molar-refractivity contribution < 1.29 is 0 Å². The molecule has 0 atom stereocenters. The number of H-pyrrole nitrogens is 1. The summed E-state index contributed by atoms with van der Waals surface area (Å²) in [5.41, 5.74) is 4.43. The third-order valence-corrected chi connectivity index (χ3v) is 3.47. The number of para-hydroxylation sites is 1. The maximum Gasteiger partial charge on any atom is 0.138 e. The van der Waals surface area contributed by atoms with Crippen molar-refractivity contribution >= 4 is 21.9 Å². The van der Waals surface area contributed by atoms with Gasteiger partial charge in [-0.15, -0.1) is 0 Å². The summed E-state index contributed by atoms with van der Waals surface area (Å²) in [5, 5.41) is 2.40. The quantitative estimate of drug-likeness (QED) is 0.528. The van der Waals surface area contributed by atoms with E-state index in [-0.39, 0.29) is 0 Å². The van der Waals surface area contributed by atoms with E-state index in [0.717, 1.165) is 16.7 Å². The number of aromatic nitrogens is 2. The molecule has 2 aromatic heterocycles. The molecule has 0 unspecified atom stereocenters. The summed E-state index contributed by atoms with van der Waals surface area (Å²) in [6, 6.07) is 20.9. The Morgan fingerprint density at radius 3 is 2.42 bits per heavy atom. The van der Waals surface area contributed by atoms with Gasteiger partial charge in [-0.25, -0.2) is 4.98 Å². The van der Waals surface area contributed by atoms with Crippen molar-refractivity contribution in [3.63, 3.8) is 0 Å². The summed E-state index contributed by atoms with van der Waals surface area (Å²) in [7, 11) is 0. The van der Waals surface area contributed by atoms with Crippen molar-refractivity contribution in [1.29, 1.82) is 0 Å². The minimum absolute atomic E-state index is 0.945. The van der Waals surface area contributed by atoms with Gasteiger partial charge < -0.3 is 4.98 Å². The molecule has 0 amide bonds. The van der Waals surface area contributed by atoms with Crippen LogP contribution in [0.4, 0.5) is 0 Å². The van der Waals surface area contributed by atoms with Gasteiger partial charge in [0.25, 0.3) is 0 Å². The van der Waals surface area contributed by atoms with E-state index in [1.807, 2.05) is 18.3 Å². The lowest BCUT2D eigenvalue weighted by atomic mass is 10.1. The maximum atomic E-state index is 4.54. The fourth-order valence-corrected chi connectivity index (χ4v) is 2.51. The summed E-state index contributed by atoms with van der Waals surface area (Å²) in [4.78, 5) is 7.88. The van der Waals surface area contributed by atoms with Gasteiger partial charge in [0, 0.05) is 28.0 Å². The van der Waals surface area contributed by atoms with Crippen molar-refractivity contribution in [2.45, 2.75) is 0 Å². The predicted molar refractivity (Wildman–Crippen MR) is 79.0 cm³/mol. The molecule has 0 saturated carbocycles. The molecule has 0 saturated heterocycles. The second kappa shape index (κ2) is 3.95. The third-order valence-electron chi connectivity index (χ3n) is 3.47. The summed E-state index contributed by atoms with van der Waals surface area (Å²) < 4.78 is 0. The lowest BCUT2D eigenvalue weighted by molar-refractivity contribution is 1.35. The zero-order valence-corrected chi connectivity index (χ0v) is 10.3. The van der Waals surface area contributed by atoms with Gasteiger partial charge in [0.2, 0.25) is 0 Å². The van der Waals surface area contributed by atoms with Gasteiger partial charge in [-0.2, -0.15) is 0 Å². The molecule has 0 aliphatic carbocycles. The largest absolute Gasteiger partial charge is 0.339 e. The molecule has 0 spiro atoms. The van der Waals surface area contributed by atoms with Crippen LogP contribution in [0.3, 0.4) is 0 Å². The first kappa shape index (κ1) is 10.3. The van der Waals surface area contributed by atoms with Crippen LogP contribution in [0.2, 0.25) is 0 Å². The van der Waals surface area contributed by atoms with E-state index in [1.54, 1.807) is 0 Å². The highest BCUT2D eigenvalue weighted by Gasteiger charge is 2.06. The first-order valence-corrected chi connectivity index (χ1v) is 6.34. The zero-order chi connectivity index (χ0) is 12.7. The fourth-order valence-electron chi connectivity index (χ4n) is 2.51. The minimum Gasteiger partial charge on any atom is -0.339 e. The average Bonchev–Trinajstić information content (AvgIpc) is 2.86. The van der Waals surface area contributed by atoms with Gasteiger partial charge in [0.15, 0.2) is 0 Å². The van der Waals surface area contributed by atoms with Crippen LogP contribution < -0.4 is 0 Å². The van der Waals surface area contributed by atoms with Crippen LogP contribution in [0.15, 0.2) is 66.9 Å². The molecular formula is C17H12N2. The maximum absolute atomic E-state index is 4.54. The summed E-state index contributed by atoms with van der Waals surface area (Å²) in [6.07, 6.45) is 1.92. The van der Waals surface area contributed by atoms with Crippen LogP contribution in [-0.4, -0.2) is 9.97 Å². The lowest BCUT2D eigenvalue weighted by Gasteiger charge is -2.00. The topological polar surface area (TPSA) is 28.7 Å². The molecular weight excluding hydrogens is 232 g/mol. The average molecular weight is 244 g/mol. The molecule has 2 heterocycles. The van der Waals surface area contributed by atoms with Gasteiger partial charge in [0.1, 0.15) is 5.65 Å². The Balaban J connectivity index is 2.03. The van der Waals surface area contributed by atoms with Crippen molar-refractivity contribution in [3.8, 4) is 11.1 Å². The monoisotopic (exact) mass is 244 g/mol. The molecule has 1 N–H and O–H groups in total. The Hall–Kier alpha value is -2.61. The highest BCUT2D eigenvalue weighted by atomic mass is 14.8. The van der Waals surface area contributed by atoms with E-state index in [1.165, 1.54) is 16.3 Å². The smallest absolute Gasteiger partial charge is 0.138 e. The Morgan fingerprint density at radius 2 is 1.53 bits per heavy atom. The second-order valence-electron chi connectivity index (χ2n) is 4.66. The summed E-state index contributed by atoms with van der Waals surface area (Å²) in [6.45, 7) is 0. The van der Waals surface area contributed by atoms with Gasteiger partial charge >= 0.3 is 0 Å². The van der Waals surface area contributed by atoms with Crippen molar-refractivity contribution in [3.05, 3.63) is 66.9 Å². The molecule has 4 rings (SSSR count). The SMILES string of the molecule is c1ccc(-c2cnc3[nH]c4ccccc4c3c2)cc1. The highest BCUT2D eigenvalue weighted by molar-refractivity contribution is 6.06. The molecule has 2 aromatic carbocycles. The van der Waals surface area contributed by atoms with Gasteiger partial charge in [-0.3, -0.25) is 0 Å². The summed E-state index contributed by atoms with van der Waals surface area (Å²) >= 11 is 0. The summed E-state index contributed by atoms with van der Waals surface area (Å²) in [5.74, 6) is 0. The van der Waals surface area contributed by atoms with Crippen LogP contribution in [-0.2, 0) is 0 Å². The number of benzene rings is 2. The van der Waals surface area contributed by atoms with E-state index in [0.29, 0.717) is 0 Å². The van der Waals surface area contributed by atoms with E-state index >= 15 is 0 Å². The molecule has 19 heavy (non-hydrogen) atoms. The van der Waals surface area contributed by atoms with Crippen LogP contribution in [0.5, 0.6) is 0 Å². The van der Waals surface area contributed by atoms with Crippen LogP contribution >= 0.6 is 0 Å². The number of aromatic amines is 1. The fraction of sp³-hybridized carbons (Fsp3) is 0. The number of fused-ring (bicyclic) bond motifs is 3. The Morgan fingerprint density at radius 1 is 0.737 bits per heavy atom. The molecule has 0 bridgehead atoms. The van der Waals surface area contributed by atoms with Crippen LogP contribution in [0.25, 0.3) is 33.1 Å². The molecule has 0 fully saturated rings. The lowest BCUT2D eigenvalue weighted by Crippen LogP contribution is -1.80. The van der Waals surface area contributed by atoms with E-state index in [4.69, 9.17) is 0 Å². The van der Waals surface area contributed by atoms with Crippen molar-refractivity contribution in [1.82, 2.24) is 9.97 Å². The molecule has 0 radical (unpaired) electrons. The molecule has 90 valence electrons. The van der Waals surface area contributed by atoms with E-state index < -0.39 is 0 Å². The number of nitrogens with one attached hydrogen (secondary N) is 1. The Kier molecular flexibility index (Phi) is 2.15. The minimum atomic E-state index is 0.945. The zero-order valence-electron chi connectivity index (χ0n) is 10.3. The normalized spacial score (nSPS) is 11.2. The van der Waals surface area contributed by atoms with Crippen LogP contribution in [0.1, 0.15) is 0 Å². The standard InChI is InChI=1S/C17H12N2/c1-2-6-12(7-3-1)13-10-15-14-8-4-5-9-16(14)19-17(15)18-11-13/h1-11H,(H,18,19). The highest BCUT2D eigenvalue weighted by Crippen LogP contribution is 2.28. The molecule has 2 nitrogen and oxygen atoms in total. The number of hydrogen-bond acceptors (Lipinski definition) is 1. The molecule has 2 heteroatoms. The van der Waals surface area contributed by atoms with E-state index in [9.17, 15) is 0 Å². The third kappa shape index (κ3) is 1.61. The second-order valence-corrected chi connectivity index (χ2v) is 4.66. The number of rotatable bonds is 1. The van der Waals surface area contributed by atoms with Gasteiger partial charge in [-0.1, -0.05) is 48.5 Å². The van der Waals surface area contributed by atoms with Gasteiger partial charge in [0.05, 0.1) is 0 Å².